The van der Waals surface area contributed by atoms with Gasteiger partial charge in [0.25, 0.3) is 11.5 Å². The highest BCUT2D eigenvalue weighted by Gasteiger charge is 2.15. The molecule has 1 saturated heterocycles. The minimum absolute atomic E-state index is 0.230. The smallest absolute Gasteiger partial charge is 0.330 e. The maximum atomic E-state index is 11.9. The largest absolute Gasteiger partial charge is 0.350 e. The van der Waals surface area contributed by atoms with Crippen molar-refractivity contribution < 1.29 is 14.4 Å². The minimum Gasteiger partial charge on any atom is -0.350 e. The molecule has 120 valence electrons. The van der Waals surface area contributed by atoms with Crippen LogP contribution in [0.4, 0.5) is 0 Å². The van der Waals surface area contributed by atoms with Gasteiger partial charge in [-0.05, 0) is 18.9 Å². The van der Waals surface area contributed by atoms with Crippen LogP contribution in [0.5, 0.6) is 0 Å². The van der Waals surface area contributed by atoms with Crippen LogP contribution in [0.25, 0.3) is 6.08 Å². The summed E-state index contributed by atoms with van der Waals surface area (Å²) in [5.41, 5.74) is 1.59. The Morgan fingerprint density at radius 1 is 1.41 bits per heavy atom. The van der Waals surface area contributed by atoms with E-state index in [1.165, 1.54) is 37.0 Å². The molecule has 1 fully saturated rings. The summed E-state index contributed by atoms with van der Waals surface area (Å²) in [6.07, 6.45) is 6.15. The van der Waals surface area contributed by atoms with Crippen molar-refractivity contribution in [2.24, 2.45) is 14.1 Å². The van der Waals surface area contributed by atoms with E-state index < -0.39 is 23.4 Å². The highest BCUT2D eigenvalue weighted by atomic mass is 16.8. The lowest BCUT2D eigenvalue weighted by molar-refractivity contribution is -0.198. The van der Waals surface area contributed by atoms with Crippen LogP contribution in [0.1, 0.15) is 24.8 Å². The van der Waals surface area contributed by atoms with Gasteiger partial charge in [-0.1, -0.05) is 0 Å². The molecule has 0 bridgehead atoms. The van der Waals surface area contributed by atoms with Crippen LogP contribution in [0.3, 0.4) is 0 Å². The first-order valence-corrected chi connectivity index (χ1v) is 7.01. The molecular formula is C14H19N3O5. The summed E-state index contributed by atoms with van der Waals surface area (Å²) in [6.45, 7) is 0.616. The molecule has 1 aromatic heterocycles. The first-order valence-electron chi connectivity index (χ1n) is 7.01. The Morgan fingerprint density at radius 2 is 2.18 bits per heavy atom. The number of carbonyl (C=O) groups is 1. The Hall–Kier alpha value is -2.19. The van der Waals surface area contributed by atoms with Gasteiger partial charge in [-0.15, -0.1) is 0 Å². The van der Waals surface area contributed by atoms with Gasteiger partial charge in [-0.3, -0.25) is 14.2 Å². The van der Waals surface area contributed by atoms with Gasteiger partial charge in [-0.2, -0.15) is 0 Å². The van der Waals surface area contributed by atoms with Crippen molar-refractivity contribution in [1.82, 2.24) is 14.6 Å². The minimum atomic E-state index is -0.509. The Morgan fingerprint density at radius 3 is 2.86 bits per heavy atom. The molecule has 8 heteroatoms. The topological polar surface area (TPSA) is 91.6 Å². The number of hydroxylamine groups is 1. The predicted molar refractivity (Wildman–Crippen MR) is 78.8 cm³/mol. The standard InChI is InChI=1S/C14H19N3O5/c1-16-9-10(13(19)17(2)14(16)20)6-7-11(18)15-22-12-5-3-4-8-21-12/h6-7,9,12H,3-5,8H2,1-2H3,(H,15,18)/b7-6-/t12-/m0/s1. The lowest BCUT2D eigenvalue weighted by atomic mass is 10.2. The van der Waals surface area contributed by atoms with Gasteiger partial charge in [0.2, 0.25) is 0 Å². The fraction of sp³-hybridized carbons (Fsp3) is 0.500. The number of hydrogen-bond acceptors (Lipinski definition) is 5. The van der Waals surface area contributed by atoms with E-state index in [0.717, 1.165) is 23.8 Å². The van der Waals surface area contributed by atoms with Gasteiger partial charge in [0.15, 0.2) is 6.29 Å². The molecule has 0 aromatic carbocycles. The molecule has 1 amide bonds. The van der Waals surface area contributed by atoms with Crippen molar-refractivity contribution in [3.63, 3.8) is 0 Å². The lowest BCUT2D eigenvalue weighted by Crippen LogP contribution is -2.37. The van der Waals surface area contributed by atoms with E-state index in [2.05, 4.69) is 5.48 Å². The number of ether oxygens (including phenoxy) is 1. The van der Waals surface area contributed by atoms with E-state index in [9.17, 15) is 14.4 Å². The van der Waals surface area contributed by atoms with Crippen LogP contribution in [-0.4, -0.2) is 27.9 Å². The number of rotatable bonds is 4. The number of nitrogens with one attached hydrogen (secondary N) is 1. The van der Waals surface area contributed by atoms with Crippen molar-refractivity contribution in [2.75, 3.05) is 6.61 Å². The van der Waals surface area contributed by atoms with Crippen LogP contribution in [0, 0.1) is 0 Å². The van der Waals surface area contributed by atoms with Crippen molar-refractivity contribution in [3.05, 3.63) is 38.7 Å². The predicted octanol–water partition coefficient (Wildman–Crippen LogP) is -0.328. The molecule has 22 heavy (non-hydrogen) atoms. The quantitative estimate of drug-likeness (QED) is 0.607. The summed E-state index contributed by atoms with van der Waals surface area (Å²) in [7, 11) is 2.91. The first-order chi connectivity index (χ1) is 10.5. The maximum Gasteiger partial charge on any atom is 0.330 e. The molecule has 0 saturated carbocycles. The van der Waals surface area contributed by atoms with E-state index in [-0.39, 0.29) is 5.56 Å². The molecule has 0 radical (unpaired) electrons. The summed E-state index contributed by atoms with van der Waals surface area (Å²) >= 11 is 0. The van der Waals surface area contributed by atoms with Crippen molar-refractivity contribution in [3.8, 4) is 0 Å². The van der Waals surface area contributed by atoms with Crippen LogP contribution in [-0.2, 0) is 28.5 Å². The molecule has 1 N–H and O–H groups in total. The van der Waals surface area contributed by atoms with Gasteiger partial charge in [0.1, 0.15) is 0 Å². The number of nitrogens with zero attached hydrogens (tertiary/aromatic N) is 2. The van der Waals surface area contributed by atoms with E-state index >= 15 is 0 Å². The van der Waals surface area contributed by atoms with Gasteiger partial charge in [0, 0.05) is 39.4 Å². The van der Waals surface area contributed by atoms with Crippen LogP contribution in [0.15, 0.2) is 21.9 Å². The SMILES string of the molecule is Cn1cc(/C=C\C(=O)NO[C@H]2CCCCO2)c(=O)n(C)c1=O. The second-order valence-electron chi connectivity index (χ2n) is 5.06. The third-order valence-corrected chi connectivity index (χ3v) is 3.32. The summed E-state index contributed by atoms with van der Waals surface area (Å²) in [5.74, 6) is -0.509. The van der Waals surface area contributed by atoms with Crippen molar-refractivity contribution in [1.29, 1.82) is 0 Å². The molecule has 2 rings (SSSR count). The molecule has 0 unspecified atom stereocenters. The van der Waals surface area contributed by atoms with Crippen LogP contribution >= 0.6 is 0 Å². The van der Waals surface area contributed by atoms with E-state index in [1.54, 1.807) is 0 Å². The molecule has 0 spiro atoms. The summed E-state index contributed by atoms with van der Waals surface area (Å²) < 4.78 is 7.55. The first kappa shape index (κ1) is 16.2. The monoisotopic (exact) mass is 309 g/mol. The molecule has 1 aliphatic rings. The van der Waals surface area contributed by atoms with E-state index in [4.69, 9.17) is 9.57 Å². The van der Waals surface area contributed by atoms with E-state index in [0.29, 0.717) is 6.61 Å². The average Bonchev–Trinajstić information content (AvgIpc) is 2.54. The summed E-state index contributed by atoms with van der Waals surface area (Å²) in [5, 5.41) is 0. The Kier molecular flexibility index (Phi) is 5.29. The highest BCUT2D eigenvalue weighted by molar-refractivity contribution is 5.90. The third-order valence-electron chi connectivity index (χ3n) is 3.32. The molecule has 1 atom stereocenters. The highest BCUT2D eigenvalue weighted by Crippen LogP contribution is 2.12. The zero-order valence-corrected chi connectivity index (χ0v) is 12.6. The second kappa shape index (κ2) is 7.19. The van der Waals surface area contributed by atoms with Gasteiger partial charge in [0.05, 0.1) is 5.56 Å². The number of hydrogen-bond donors (Lipinski definition) is 1. The van der Waals surface area contributed by atoms with E-state index in [1.807, 2.05) is 0 Å². The summed E-state index contributed by atoms with van der Waals surface area (Å²) in [6, 6.07) is 0. The molecule has 1 aromatic rings. The van der Waals surface area contributed by atoms with Crippen LogP contribution < -0.4 is 16.7 Å². The zero-order valence-electron chi connectivity index (χ0n) is 12.6. The molecule has 2 heterocycles. The number of amides is 1. The number of aryl methyl sites for hydroxylation is 1. The molecule has 8 nitrogen and oxygen atoms in total. The Labute approximate surface area is 126 Å². The fourth-order valence-electron chi connectivity index (χ4n) is 2.08. The van der Waals surface area contributed by atoms with Crippen molar-refractivity contribution >= 4 is 12.0 Å². The van der Waals surface area contributed by atoms with Crippen molar-refractivity contribution in [2.45, 2.75) is 25.6 Å². The zero-order chi connectivity index (χ0) is 16.1. The summed E-state index contributed by atoms with van der Waals surface area (Å²) in [4.78, 5) is 40.2. The lowest BCUT2D eigenvalue weighted by Gasteiger charge is -2.21. The normalized spacial score (nSPS) is 18.5. The molecule has 0 aliphatic carbocycles. The Balaban J connectivity index is 1.98. The number of aromatic nitrogens is 2. The fourth-order valence-corrected chi connectivity index (χ4v) is 2.08. The molecular weight excluding hydrogens is 290 g/mol. The second-order valence-corrected chi connectivity index (χ2v) is 5.06. The van der Waals surface area contributed by atoms with Gasteiger partial charge in [-0.25, -0.2) is 15.1 Å². The molecule has 1 aliphatic heterocycles. The van der Waals surface area contributed by atoms with Gasteiger partial charge < -0.3 is 9.30 Å². The van der Waals surface area contributed by atoms with Gasteiger partial charge >= 0.3 is 5.69 Å². The number of carbonyl (C=O) groups excluding carboxylic acids is 1. The van der Waals surface area contributed by atoms with Crippen LogP contribution in [0.2, 0.25) is 0 Å². The maximum absolute atomic E-state index is 11.9. The third kappa shape index (κ3) is 3.92. The average molecular weight is 309 g/mol. The Bertz CT molecular complexity index is 683.